The van der Waals surface area contributed by atoms with Crippen LogP contribution in [0, 0.1) is 18.8 Å². The Balaban J connectivity index is 1.43. The number of amides is 2. The van der Waals surface area contributed by atoms with Crippen molar-refractivity contribution in [1.29, 1.82) is 0 Å². The predicted octanol–water partition coefficient (Wildman–Crippen LogP) is 3.98. The Hall–Kier alpha value is -2.89. The van der Waals surface area contributed by atoms with Gasteiger partial charge in [0.15, 0.2) is 0 Å². The summed E-state index contributed by atoms with van der Waals surface area (Å²) in [6, 6.07) is 4.44. The number of aryl methyl sites for hydroxylation is 1. The van der Waals surface area contributed by atoms with Crippen molar-refractivity contribution in [2.45, 2.75) is 45.6 Å². The van der Waals surface area contributed by atoms with E-state index in [2.05, 4.69) is 27.1 Å². The molecule has 3 fully saturated rings. The van der Waals surface area contributed by atoms with Crippen LogP contribution in [0.1, 0.15) is 34.9 Å². The summed E-state index contributed by atoms with van der Waals surface area (Å²) in [5.41, 5.74) is 2.12. The third-order valence-corrected chi connectivity index (χ3v) is 8.80. The molecule has 0 radical (unpaired) electrons. The third kappa shape index (κ3) is 4.32. The molecule has 2 aliphatic heterocycles. The lowest BCUT2D eigenvalue weighted by Gasteiger charge is -2.35. The van der Waals surface area contributed by atoms with E-state index in [1.54, 1.807) is 13.0 Å². The number of hydrogen-bond acceptors (Lipinski definition) is 7. The standard InChI is InChI=1S/C26H26F3N5O2S/c1-13-5-15(26(27,28)29)6-17(20(13)11-33-4-3-30-9-14(33)2)22-23-21(31-12-32-22)7-16(37-23)10-34-24(35)18-8-19(18)25(34)36/h5-7,12,14,18-19,30H,3-4,8-11H2,1-2H3/t14-,18?,19?/m0/s1. The molecule has 4 heterocycles. The maximum Gasteiger partial charge on any atom is 0.416 e. The SMILES string of the molecule is Cc1cc(C(F)(F)F)cc(-c2ncnc3cc(CN4C(=O)C5CC5C4=O)sc23)c1CN1CCNC[C@@H]1C. The molecule has 1 aliphatic carbocycles. The van der Waals surface area contributed by atoms with Gasteiger partial charge in [0.05, 0.1) is 39.9 Å². The number of fused-ring (bicyclic) bond motifs is 2. The molecule has 2 unspecified atom stereocenters. The second-order valence-electron chi connectivity index (χ2n) is 10.2. The highest BCUT2D eigenvalue weighted by Gasteiger charge is 2.58. The topological polar surface area (TPSA) is 78.4 Å². The maximum atomic E-state index is 13.9. The Morgan fingerprint density at radius 2 is 1.86 bits per heavy atom. The number of benzene rings is 1. The number of likely N-dealkylation sites (tertiary alicyclic amines) is 1. The number of carbonyl (C=O) groups excluding carboxylic acids is 2. The van der Waals surface area contributed by atoms with E-state index in [1.807, 2.05) is 0 Å². The summed E-state index contributed by atoms with van der Waals surface area (Å²) in [6.45, 7) is 6.91. The smallest absolute Gasteiger partial charge is 0.314 e. The third-order valence-electron chi connectivity index (χ3n) is 7.69. The van der Waals surface area contributed by atoms with Crippen LogP contribution in [0.4, 0.5) is 13.2 Å². The van der Waals surface area contributed by atoms with Crippen LogP contribution in [-0.4, -0.2) is 57.3 Å². The average molecular weight is 530 g/mol. The molecule has 11 heteroatoms. The second kappa shape index (κ2) is 8.85. The summed E-state index contributed by atoms with van der Waals surface area (Å²) >= 11 is 1.32. The summed E-state index contributed by atoms with van der Waals surface area (Å²) in [6.07, 6.45) is -2.49. The van der Waals surface area contributed by atoms with Crippen molar-refractivity contribution in [2.24, 2.45) is 11.8 Å². The summed E-state index contributed by atoms with van der Waals surface area (Å²) in [7, 11) is 0. The van der Waals surface area contributed by atoms with E-state index in [9.17, 15) is 22.8 Å². The molecular formula is C26H26F3N5O2S. The van der Waals surface area contributed by atoms with E-state index in [1.165, 1.54) is 34.7 Å². The Labute approximate surface area is 215 Å². The minimum Gasteiger partial charge on any atom is -0.314 e. The molecule has 1 saturated carbocycles. The summed E-state index contributed by atoms with van der Waals surface area (Å²) in [4.78, 5) is 38.0. The van der Waals surface area contributed by atoms with Crippen molar-refractivity contribution in [3.8, 4) is 11.3 Å². The number of nitrogens with zero attached hydrogens (tertiary/aromatic N) is 4. The van der Waals surface area contributed by atoms with Crippen LogP contribution in [0.2, 0.25) is 0 Å². The Morgan fingerprint density at radius 1 is 1.11 bits per heavy atom. The fourth-order valence-corrected chi connectivity index (χ4v) is 6.56. The van der Waals surface area contributed by atoms with Gasteiger partial charge >= 0.3 is 6.18 Å². The molecule has 7 nitrogen and oxygen atoms in total. The molecule has 1 N–H and O–H groups in total. The lowest BCUT2D eigenvalue weighted by Crippen LogP contribution is -2.49. The zero-order valence-electron chi connectivity index (χ0n) is 20.4. The number of rotatable bonds is 5. The van der Waals surface area contributed by atoms with Gasteiger partial charge in [-0.25, -0.2) is 9.97 Å². The van der Waals surface area contributed by atoms with Gasteiger partial charge in [0, 0.05) is 42.7 Å². The summed E-state index contributed by atoms with van der Waals surface area (Å²) in [5.74, 6) is -0.639. The van der Waals surface area contributed by atoms with Crippen LogP contribution in [0.3, 0.4) is 0 Å². The number of alkyl halides is 3. The Morgan fingerprint density at radius 3 is 2.57 bits per heavy atom. The highest BCUT2D eigenvalue weighted by molar-refractivity contribution is 7.19. The van der Waals surface area contributed by atoms with E-state index in [4.69, 9.17) is 0 Å². The lowest BCUT2D eigenvalue weighted by atomic mass is 9.94. The van der Waals surface area contributed by atoms with Gasteiger partial charge in [-0.1, -0.05) is 0 Å². The van der Waals surface area contributed by atoms with Gasteiger partial charge in [0.1, 0.15) is 6.33 Å². The normalized spacial score (nSPS) is 24.2. The number of hydrogen-bond donors (Lipinski definition) is 1. The first kappa shape index (κ1) is 24.4. The van der Waals surface area contributed by atoms with Crippen LogP contribution in [-0.2, 0) is 28.9 Å². The van der Waals surface area contributed by atoms with Crippen LogP contribution in [0.25, 0.3) is 21.5 Å². The van der Waals surface area contributed by atoms with E-state index >= 15 is 0 Å². The largest absolute Gasteiger partial charge is 0.416 e. The first-order chi connectivity index (χ1) is 17.6. The number of piperidine rings is 1. The Bertz CT molecular complexity index is 1400. The number of thiophene rings is 1. The molecule has 1 aromatic carbocycles. The van der Waals surface area contributed by atoms with E-state index < -0.39 is 11.7 Å². The number of nitrogens with one attached hydrogen (secondary N) is 1. The highest BCUT2D eigenvalue weighted by atomic mass is 32.1. The van der Waals surface area contributed by atoms with E-state index in [-0.39, 0.29) is 36.2 Å². The fraction of sp³-hybridized carbons (Fsp3) is 0.462. The number of imide groups is 1. The van der Waals surface area contributed by atoms with Gasteiger partial charge in [-0.3, -0.25) is 19.4 Å². The van der Waals surface area contributed by atoms with Crippen LogP contribution >= 0.6 is 11.3 Å². The van der Waals surface area contributed by atoms with Gasteiger partial charge in [0.25, 0.3) is 0 Å². The molecule has 0 spiro atoms. The van der Waals surface area contributed by atoms with E-state index in [0.717, 1.165) is 30.1 Å². The van der Waals surface area contributed by atoms with Gasteiger partial charge in [0.2, 0.25) is 11.8 Å². The molecule has 37 heavy (non-hydrogen) atoms. The molecule has 6 rings (SSSR count). The second-order valence-corrected chi connectivity index (χ2v) is 11.3. The predicted molar refractivity (Wildman–Crippen MR) is 132 cm³/mol. The van der Waals surface area contributed by atoms with Crippen molar-refractivity contribution >= 4 is 33.4 Å². The zero-order chi connectivity index (χ0) is 26.1. The number of piperazine rings is 1. The molecule has 194 valence electrons. The zero-order valence-corrected chi connectivity index (χ0v) is 21.2. The first-order valence-corrected chi connectivity index (χ1v) is 13.2. The molecule has 3 atom stereocenters. The van der Waals surface area contributed by atoms with Gasteiger partial charge < -0.3 is 5.32 Å². The first-order valence-electron chi connectivity index (χ1n) is 12.4. The van der Waals surface area contributed by atoms with Crippen molar-refractivity contribution in [3.05, 3.63) is 46.1 Å². The minimum atomic E-state index is -4.50. The lowest BCUT2D eigenvalue weighted by molar-refractivity contribution is -0.142. The number of halogens is 3. The molecule has 2 aromatic heterocycles. The summed E-state index contributed by atoms with van der Waals surface area (Å²) < 4.78 is 42.2. The molecule has 2 amide bonds. The van der Waals surface area contributed by atoms with Crippen molar-refractivity contribution in [3.63, 3.8) is 0 Å². The monoisotopic (exact) mass is 529 g/mol. The molecule has 3 aromatic rings. The molecular weight excluding hydrogens is 503 g/mol. The van der Waals surface area contributed by atoms with Crippen molar-refractivity contribution < 1.29 is 22.8 Å². The maximum absolute atomic E-state index is 13.9. The minimum absolute atomic E-state index is 0.139. The Kier molecular flexibility index (Phi) is 5.85. The van der Waals surface area contributed by atoms with Crippen molar-refractivity contribution in [2.75, 3.05) is 19.6 Å². The number of carbonyl (C=O) groups is 2. The molecule has 3 aliphatic rings. The van der Waals surface area contributed by atoms with Gasteiger partial charge in [-0.15, -0.1) is 11.3 Å². The van der Waals surface area contributed by atoms with Gasteiger partial charge in [-0.2, -0.15) is 13.2 Å². The van der Waals surface area contributed by atoms with Crippen LogP contribution < -0.4 is 5.32 Å². The van der Waals surface area contributed by atoms with Crippen LogP contribution in [0.15, 0.2) is 24.5 Å². The quantitative estimate of drug-likeness (QED) is 0.504. The highest BCUT2D eigenvalue weighted by Crippen LogP contribution is 2.48. The van der Waals surface area contributed by atoms with Gasteiger partial charge in [-0.05, 0) is 49.6 Å². The van der Waals surface area contributed by atoms with Crippen LogP contribution in [0.5, 0.6) is 0 Å². The summed E-state index contributed by atoms with van der Waals surface area (Å²) in [5, 5.41) is 3.35. The average Bonchev–Trinajstić information content (AvgIpc) is 3.49. The fourth-order valence-electron chi connectivity index (χ4n) is 5.46. The molecule has 0 bridgehead atoms. The van der Waals surface area contributed by atoms with Crippen molar-refractivity contribution in [1.82, 2.24) is 25.1 Å². The van der Waals surface area contributed by atoms with E-state index in [0.29, 0.717) is 40.0 Å². The molecule has 2 saturated heterocycles. The number of aromatic nitrogens is 2.